The summed E-state index contributed by atoms with van der Waals surface area (Å²) in [5.41, 5.74) is 3.58. The van der Waals surface area contributed by atoms with Gasteiger partial charge in [-0.05, 0) is 70.1 Å². The van der Waals surface area contributed by atoms with Crippen LogP contribution in [0, 0.1) is 5.82 Å². The lowest BCUT2D eigenvalue weighted by Crippen LogP contribution is -2.27. The van der Waals surface area contributed by atoms with E-state index in [1.165, 1.54) is 12.1 Å². The number of ether oxygens (including phenoxy) is 1. The zero-order valence-corrected chi connectivity index (χ0v) is 16.2. The van der Waals surface area contributed by atoms with Crippen molar-refractivity contribution in [2.75, 3.05) is 13.1 Å². The Labute approximate surface area is 164 Å². The second kappa shape index (κ2) is 8.10. The quantitative estimate of drug-likeness (QED) is 0.683. The number of benzene rings is 1. The van der Waals surface area contributed by atoms with Crippen molar-refractivity contribution in [1.29, 1.82) is 0 Å². The molecule has 3 heterocycles. The smallest absolute Gasteiger partial charge is 0.214 e. The van der Waals surface area contributed by atoms with Gasteiger partial charge in [-0.1, -0.05) is 0 Å². The fraction of sp³-hybridized carbons (Fsp3) is 0.364. The van der Waals surface area contributed by atoms with Crippen molar-refractivity contribution in [3.05, 3.63) is 54.2 Å². The van der Waals surface area contributed by atoms with Gasteiger partial charge in [0.25, 0.3) is 0 Å². The molecule has 5 nitrogen and oxygen atoms in total. The Morgan fingerprint density at radius 1 is 1.07 bits per heavy atom. The van der Waals surface area contributed by atoms with Crippen molar-refractivity contribution in [3.63, 3.8) is 0 Å². The third-order valence-electron chi connectivity index (χ3n) is 4.95. The number of H-pyrrole nitrogens is 1. The molecule has 2 aromatic heterocycles. The minimum absolute atomic E-state index is 0.0476. The molecule has 0 amide bonds. The number of hydrogen-bond acceptors (Lipinski definition) is 4. The molecule has 0 atom stereocenters. The highest BCUT2D eigenvalue weighted by molar-refractivity contribution is 5.78. The Kier molecular flexibility index (Phi) is 5.39. The highest BCUT2D eigenvalue weighted by Crippen LogP contribution is 2.34. The van der Waals surface area contributed by atoms with Crippen molar-refractivity contribution in [2.45, 2.75) is 38.7 Å². The number of hydrogen-bond donors (Lipinski definition) is 2. The van der Waals surface area contributed by atoms with E-state index in [0.29, 0.717) is 11.8 Å². The first-order chi connectivity index (χ1) is 13.6. The van der Waals surface area contributed by atoms with Crippen LogP contribution in [0.1, 0.15) is 38.4 Å². The fourth-order valence-corrected chi connectivity index (χ4v) is 3.58. The monoisotopic (exact) mass is 380 g/mol. The average molecular weight is 380 g/mol. The molecule has 4 rings (SSSR count). The first-order valence-electron chi connectivity index (χ1n) is 9.80. The second-order valence-electron chi connectivity index (χ2n) is 7.43. The number of piperidine rings is 1. The van der Waals surface area contributed by atoms with Crippen molar-refractivity contribution >= 4 is 0 Å². The van der Waals surface area contributed by atoms with Gasteiger partial charge in [-0.3, -0.25) is 0 Å². The Hall–Kier alpha value is -2.73. The van der Waals surface area contributed by atoms with Crippen LogP contribution in [-0.4, -0.2) is 34.1 Å². The van der Waals surface area contributed by atoms with Crippen molar-refractivity contribution in [3.8, 4) is 28.4 Å². The molecule has 0 unspecified atom stereocenters. The average Bonchev–Trinajstić information content (AvgIpc) is 3.14. The number of rotatable bonds is 5. The highest BCUT2D eigenvalue weighted by Gasteiger charge is 2.22. The topological polar surface area (TPSA) is 62.8 Å². The molecular formula is C22H25FN4O. The molecule has 1 fully saturated rings. The molecule has 2 N–H and O–H groups in total. The van der Waals surface area contributed by atoms with Crippen LogP contribution in [0.25, 0.3) is 22.5 Å². The van der Waals surface area contributed by atoms with Crippen LogP contribution in [-0.2, 0) is 0 Å². The number of aromatic amines is 1. The SMILES string of the molecule is CC(C)Oc1cc(-c2[nH]c(C3CCNCC3)nc2-c2ccc(F)cc2)ccn1. The molecule has 0 aliphatic carbocycles. The van der Waals surface area contributed by atoms with Crippen LogP contribution in [0.5, 0.6) is 5.88 Å². The zero-order chi connectivity index (χ0) is 19.5. The van der Waals surface area contributed by atoms with Crippen molar-refractivity contribution in [1.82, 2.24) is 20.3 Å². The van der Waals surface area contributed by atoms with E-state index >= 15 is 0 Å². The maximum Gasteiger partial charge on any atom is 0.214 e. The maximum absolute atomic E-state index is 13.4. The summed E-state index contributed by atoms with van der Waals surface area (Å²) < 4.78 is 19.2. The van der Waals surface area contributed by atoms with Crippen LogP contribution in [0.2, 0.25) is 0 Å². The predicted octanol–water partition coefficient (Wildman–Crippen LogP) is 4.53. The summed E-state index contributed by atoms with van der Waals surface area (Å²) in [7, 11) is 0. The van der Waals surface area contributed by atoms with Crippen molar-refractivity contribution in [2.24, 2.45) is 0 Å². The molecule has 1 saturated heterocycles. The zero-order valence-electron chi connectivity index (χ0n) is 16.2. The van der Waals surface area contributed by atoms with Gasteiger partial charge in [0.2, 0.25) is 5.88 Å². The first-order valence-corrected chi connectivity index (χ1v) is 9.80. The third-order valence-corrected chi connectivity index (χ3v) is 4.95. The van der Waals surface area contributed by atoms with E-state index in [0.717, 1.165) is 54.3 Å². The largest absolute Gasteiger partial charge is 0.475 e. The van der Waals surface area contributed by atoms with Gasteiger partial charge >= 0.3 is 0 Å². The van der Waals surface area contributed by atoms with E-state index in [1.54, 1.807) is 18.3 Å². The standard InChI is InChI=1S/C22H25FN4O/c1-14(2)28-19-13-17(9-12-25-19)21-20(15-3-5-18(23)6-4-15)26-22(27-21)16-7-10-24-11-8-16/h3-6,9,12-14,16,24H,7-8,10-11H2,1-2H3,(H,26,27). The molecule has 3 aromatic rings. The van der Waals surface area contributed by atoms with E-state index in [-0.39, 0.29) is 11.9 Å². The third kappa shape index (κ3) is 4.07. The Morgan fingerprint density at radius 2 is 1.82 bits per heavy atom. The van der Waals surface area contributed by atoms with Crippen LogP contribution in [0.4, 0.5) is 4.39 Å². The molecule has 1 aliphatic heterocycles. The molecule has 0 bridgehead atoms. The van der Waals surface area contributed by atoms with E-state index < -0.39 is 0 Å². The molecule has 0 spiro atoms. The van der Waals surface area contributed by atoms with Gasteiger partial charge in [0, 0.05) is 29.3 Å². The van der Waals surface area contributed by atoms with E-state index in [1.807, 2.05) is 26.0 Å². The van der Waals surface area contributed by atoms with Crippen LogP contribution < -0.4 is 10.1 Å². The maximum atomic E-state index is 13.4. The number of aromatic nitrogens is 3. The van der Waals surface area contributed by atoms with Crippen LogP contribution in [0.3, 0.4) is 0 Å². The van der Waals surface area contributed by atoms with E-state index in [2.05, 4.69) is 15.3 Å². The minimum Gasteiger partial charge on any atom is -0.475 e. The Morgan fingerprint density at radius 3 is 2.54 bits per heavy atom. The van der Waals surface area contributed by atoms with Gasteiger partial charge < -0.3 is 15.0 Å². The van der Waals surface area contributed by atoms with Gasteiger partial charge in [-0.2, -0.15) is 0 Å². The molecule has 6 heteroatoms. The summed E-state index contributed by atoms with van der Waals surface area (Å²) in [5, 5.41) is 3.39. The minimum atomic E-state index is -0.254. The lowest BCUT2D eigenvalue weighted by atomic mass is 9.98. The fourth-order valence-electron chi connectivity index (χ4n) is 3.58. The summed E-state index contributed by atoms with van der Waals surface area (Å²) in [6.07, 6.45) is 3.89. The molecule has 146 valence electrons. The first kappa shape index (κ1) is 18.6. The predicted molar refractivity (Wildman–Crippen MR) is 108 cm³/mol. The van der Waals surface area contributed by atoms with Crippen LogP contribution >= 0.6 is 0 Å². The molecule has 1 aromatic carbocycles. The molecule has 28 heavy (non-hydrogen) atoms. The summed E-state index contributed by atoms with van der Waals surface area (Å²) in [5.74, 6) is 1.70. The van der Waals surface area contributed by atoms with Crippen LogP contribution in [0.15, 0.2) is 42.6 Å². The van der Waals surface area contributed by atoms with Crippen molar-refractivity contribution < 1.29 is 9.13 Å². The summed E-state index contributed by atoms with van der Waals surface area (Å²) in [6.45, 7) is 5.94. The number of halogens is 1. The Bertz CT molecular complexity index is 930. The van der Waals surface area contributed by atoms with Gasteiger partial charge in [0.15, 0.2) is 0 Å². The highest BCUT2D eigenvalue weighted by atomic mass is 19.1. The van der Waals surface area contributed by atoms with E-state index in [4.69, 9.17) is 9.72 Å². The van der Waals surface area contributed by atoms with Gasteiger partial charge in [-0.15, -0.1) is 0 Å². The molecule has 0 saturated carbocycles. The van der Waals surface area contributed by atoms with Gasteiger partial charge in [0.1, 0.15) is 11.6 Å². The summed E-state index contributed by atoms with van der Waals surface area (Å²) in [6, 6.07) is 10.4. The number of nitrogens with one attached hydrogen (secondary N) is 2. The van der Waals surface area contributed by atoms with Gasteiger partial charge in [-0.25, -0.2) is 14.4 Å². The number of pyridine rings is 1. The Balaban J connectivity index is 1.78. The van der Waals surface area contributed by atoms with Gasteiger partial charge in [0.05, 0.1) is 17.5 Å². The lowest BCUT2D eigenvalue weighted by Gasteiger charge is -2.20. The molecular weight excluding hydrogens is 355 g/mol. The lowest BCUT2D eigenvalue weighted by molar-refractivity contribution is 0.233. The number of imidazole rings is 1. The molecule has 0 radical (unpaired) electrons. The summed E-state index contributed by atoms with van der Waals surface area (Å²) >= 11 is 0. The number of nitrogens with zero attached hydrogens (tertiary/aromatic N) is 2. The normalized spacial score (nSPS) is 15.1. The van der Waals surface area contributed by atoms with E-state index in [9.17, 15) is 4.39 Å². The summed E-state index contributed by atoms with van der Waals surface area (Å²) in [4.78, 5) is 12.8. The molecule has 1 aliphatic rings. The second-order valence-corrected chi connectivity index (χ2v) is 7.43.